The van der Waals surface area contributed by atoms with Gasteiger partial charge in [0.2, 0.25) is 0 Å². The van der Waals surface area contributed by atoms with E-state index in [0.29, 0.717) is 47.5 Å². The van der Waals surface area contributed by atoms with Crippen LogP contribution in [0.5, 0.6) is 5.75 Å². The van der Waals surface area contributed by atoms with Crippen molar-refractivity contribution in [3.8, 4) is 5.75 Å². The number of ether oxygens (including phenoxy) is 2. The van der Waals surface area contributed by atoms with Gasteiger partial charge in [-0.15, -0.1) is 0 Å². The third-order valence-corrected chi connectivity index (χ3v) is 5.99. The molecule has 35 heavy (non-hydrogen) atoms. The maximum absolute atomic E-state index is 14.5. The second-order valence-corrected chi connectivity index (χ2v) is 10.2. The summed E-state index contributed by atoms with van der Waals surface area (Å²) in [5.74, 6) is -0.156. The van der Waals surface area contributed by atoms with E-state index < -0.39 is 11.6 Å². The number of benzene rings is 2. The molecule has 1 fully saturated rings. The van der Waals surface area contributed by atoms with Gasteiger partial charge in [-0.25, -0.2) is 9.07 Å². The van der Waals surface area contributed by atoms with Gasteiger partial charge in [-0.1, -0.05) is 18.2 Å². The zero-order valence-electron chi connectivity index (χ0n) is 20.1. The van der Waals surface area contributed by atoms with Crippen LogP contribution in [0.1, 0.15) is 44.9 Å². The quantitative estimate of drug-likeness (QED) is 0.467. The smallest absolute Gasteiger partial charge is 0.328 e. The Bertz CT molecular complexity index is 1400. The number of hydrogen-bond acceptors (Lipinski definition) is 6. The van der Waals surface area contributed by atoms with E-state index in [1.54, 1.807) is 39.0 Å². The van der Waals surface area contributed by atoms with Crippen LogP contribution in [0.15, 0.2) is 46.2 Å². The van der Waals surface area contributed by atoms with Gasteiger partial charge in [0.25, 0.3) is 5.56 Å². The Balaban J connectivity index is 1.42. The van der Waals surface area contributed by atoms with Crippen LogP contribution in [0.4, 0.5) is 10.1 Å². The number of carbonyl (C=O) groups excluding carboxylic acids is 1. The van der Waals surface area contributed by atoms with Gasteiger partial charge in [0.1, 0.15) is 12.1 Å². The summed E-state index contributed by atoms with van der Waals surface area (Å²) in [6.45, 7) is 5.56. The number of fused-ring (bicyclic) bond motifs is 2. The Hall–Kier alpha value is -3.55. The lowest BCUT2D eigenvalue weighted by Gasteiger charge is -2.19. The van der Waals surface area contributed by atoms with Crippen molar-refractivity contribution in [2.45, 2.75) is 58.6 Å². The zero-order valence-corrected chi connectivity index (χ0v) is 20.1. The highest BCUT2D eigenvalue weighted by Gasteiger charge is 2.25. The van der Waals surface area contributed by atoms with Gasteiger partial charge in [-0.05, 0) is 57.2 Å². The van der Waals surface area contributed by atoms with Crippen LogP contribution in [-0.4, -0.2) is 33.7 Å². The minimum Gasteiger partial charge on any atom is -0.490 e. The van der Waals surface area contributed by atoms with Gasteiger partial charge in [0, 0.05) is 30.0 Å². The van der Waals surface area contributed by atoms with Crippen molar-refractivity contribution in [1.82, 2.24) is 9.78 Å². The van der Waals surface area contributed by atoms with Crippen molar-refractivity contribution in [3.63, 3.8) is 0 Å². The summed E-state index contributed by atoms with van der Waals surface area (Å²) >= 11 is 0. The molecule has 1 saturated carbocycles. The summed E-state index contributed by atoms with van der Waals surface area (Å²) in [7, 11) is 0. The van der Waals surface area contributed by atoms with E-state index in [-0.39, 0.29) is 23.7 Å². The second-order valence-electron chi connectivity index (χ2n) is 10.2. The molecule has 0 N–H and O–H groups in total. The molecule has 0 amide bonds. The Labute approximate surface area is 202 Å². The van der Waals surface area contributed by atoms with E-state index >= 15 is 0 Å². The maximum Gasteiger partial charge on any atom is 0.328 e. The molecule has 182 valence electrons. The van der Waals surface area contributed by atoms with Crippen LogP contribution in [-0.2, 0) is 28.9 Å². The predicted molar refractivity (Wildman–Crippen MR) is 131 cm³/mol. The Kier molecular flexibility index (Phi) is 5.91. The van der Waals surface area contributed by atoms with Crippen LogP contribution < -0.4 is 10.3 Å². The van der Waals surface area contributed by atoms with E-state index in [1.165, 1.54) is 6.07 Å². The van der Waals surface area contributed by atoms with Crippen molar-refractivity contribution >= 4 is 28.1 Å². The molecule has 3 aromatic rings. The number of aliphatic imine (C=N–C) groups is 1. The number of aromatic nitrogens is 2. The molecule has 2 aliphatic rings. The van der Waals surface area contributed by atoms with Crippen LogP contribution >= 0.6 is 0 Å². The third-order valence-electron chi connectivity index (χ3n) is 5.99. The van der Waals surface area contributed by atoms with Crippen molar-refractivity contribution < 1.29 is 18.7 Å². The highest BCUT2D eigenvalue weighted by atomic mass is 19.1. The molecule has 1 aliphatic carbocycles. The lowest BCUT2D eigenvalue weighted by Crippen LogP contribution is -2.32. The molecular formula is C27H28FN3O4. The first-order chi connectivity index (χ1) is 16.7. The number of hydrogen-bond donors (Lipinski definition) is 0. The van der Waals surface area contributed by atoms with Crippen molar-refractivity contribution in [2.24, 2.45) is 10.9 Å². The second kappa shape index (κ2) is 8.91. The molecule has 7 nitrogen and oxygen atoms in total. The molecule has 0 bridgehead atoms. The molecule has 0 saturated heterocycles. The Morgan fingerprint density at radius 3 is 2.63 bits per heavy atom. The molecule has 1 aromatic heterocycles. The van der Waals surface area contributed by atoms with E-state index in [2.05, 4.69) is 5.10 Å². The summed E-state index contributed by atoms with van der Waals surface area (Å²) in [5, 5.41) is 5.69. The van der Waals surface area contributed by atoms with Gasteiger partial charge >= 0.3 is 5.97 Å². The molecule has 2 aromatic carbocycles. The van der Waals surface area contributed by atoms with Gasteiger partial charge < -0.3 is 9.47 Å². The van der Waals surface area contributed by atoms with Crippen LogP contribution in [0.3, 0.4) is 0 Å². The first-order valence-electron chi connectivity index (χ1n) is 11.9. The predicted octanol–water partition coefficient (Wildman–Crippen LogP) is 4.54. The lowest BCUT2D eigenvalue weighted by molar-refractivity contribution is -0.155. The number of rotatable bonds is 7. The fourth-order valence-electron chi connectivity index (χ4n) is 4.20. The van der Waals surface area contributed by atoms with Gasteiger partial charge in [-0.3, -0.25) is 14.6 Å². The summed E-state index contributed by atoms with van der Waals surface area (Å²) in [6.07, 6.45) is 3.11. The Morgan fingerprint density at radius 2 is 1.91 bits per heavy atom. The fraction of sp³-hybridized carbons (Fsp3) is 0.407. The van der Waals surface area contributed by atoms with Crippen LogP contribution in [0, 0.1) is 11.7 Å². The average molecular weight is 478 g/mol. The summed E-state index contributed by atoms with van der Waals surface area (Å²) in [5.41, 5.74) is 1.90. The summed E-state index contributed by atoms with van der Waals surface area (Å²) in [6, 6.07) is 10.3. The molecule has 0 radical (unpaired) electrons. The third kappa shape index (κ3) is 5.26. The van der Waals surface area contributed by atoms with E-state index in [0.717, 1.165) is 28.8 Å². The number of carbonyl (C=O) groups is 1. The monoisotopic (exact) mass is 477 g/mol. The molecule has 0 unspecified atom stereocenters. The lowest BCUT2D eigenvalue weighted by atomic mass is 10.0. The molecule has 1 aliphatic heterocycles. The Morgan fingerprint density at radius 1 is 1.17 bits per heavy atom. The van der Waals surface area contributed by atoms with Gasteiger partial charge in [0.15, 0.2) is 11.6 Å². The average Bonchev–Trinajstić information content (AvgIpc) is 3.53. The molecular weight excluding hydrogens is 449 g/mol. The topological polar surface area (TPSA) is 82.8 Å². The molecule has 2 heterocycles. The number of nitrogens with zero attached hydrogens (tertiary/aromatic N) is 3. The first kappa shape index (κ1) is 23.2. The van der Waals surface area contributed by atoms with Crippen LogP contribution in [0.2, 0.25) is 0 Å². The standard InChI is InChI=1S/C27H28FN3O4/c1-27(2,3)35-25(32)14-31-26(33)20-7-5-4-6-19(20)23(30-31)12-18-10-17-11-21(28)24(13-22(17)29-18)34-15-16-8-9-16/h4-7,11,13,16H,8-10,12,14-15H2,1-3H3. The van der Waals surface area contributed by atoms with Gasteiger partial charge in [0.05, 0.1) is 23.4 Å². The molecule has 0 spiro atoms. The summed E-state index contributed by atoms with van der Waals surface area (Å²) in [4.78, 5) is 30.1. The minimum absolute atomic E-state index is 0.232. The fourth-order valence-corrected chi connectivity index (χ4v) is 4.20. The largest absolute Gasteiger partial charge is 0.490 e. The minimum atomic E-state index is -0.665. The van der Waals surface area contributed by atoms with E-state index in [9.17, 15) is 14.0 Å². The van der Waals surface area contributed by atoms with Crippen molar-refractivity contribution in [3.05, 3.63) is 63.8 Å². The highest BCUT2D eigenvalue weighted by Crippen LogP contribution is 2.36. The highest BCUT2D eigenvalue weighted by molar-refractivity contribution is 5.97. The molecule has 5 rings (SSSR count). The van der Waals surface area contributed by atoms with E-state index in [1.807, 2.05) is 12.1 Å². The zero-order chi connectivity index (χ0) is 24.7. The number of esters is 1. The van der Waals surface area contributed by atoms with Gasteiger partial charge in [-0.2, -0.15) is 5.10 Å². The maximum atomic E-state index is 14.5. The normalized spacial score (nSPS) is 15.1. The summed E-state index contributed by atoms with van der Waals surface area (Å²) < 4.78 is 26.7. The van der Waals surface area contributed by atoms with E-state index in [4.69, 9.17) is 14.5 Å². The molecule has 8 heteroatoms. The van der Waals surface area contributed by atoms with Crippen LogP contribution in [0.25, 0.3) is 10.8 Å². The van der Waals surface area contributed by atoms with Crippen molar-refractivity contribution in [2.75, 3.05) is 6.61 Å². The molecule has 0 atom stereocenters. The first-order valence-corrected chi connectivity index (χ1v) is 11.9. The number of halogens is 1. The SMILES string of the molecule is CC(C)(C)OC(=O)Cn1nc(CC2=Nc3cc(OCC4CC4)c(F)cc3C2)c2ccccc2c1=O. The van der Waals surface area contributed by atoms with Crippen molar-refractivity contribution in [1.29, 1.82) is 0 Å².